The first-order chi connectivity index (χ1) is 12.8. The van der Waals surface area contributed by atoms with Crippen molar-refractivity contribution >= 4 is 44.2 Å². The molecule has 0 fully saturated rings. The zero-order valence-corrected chi connectivity index (χ0v) is 15.6. The molecule has 10 heteroatoms. The van der Waals surface area contributed by atoms with Crippen molar-refractivity contribution < 1.29 is 13.2 Å². The molecule has 2 N–H and O–H groups in total. The van der Waals surface area contributed by atoms with E-state index in [1.54, 1.807) is 0 Å². The summed E-state index contributed by atoms with van der Waals surface area (Å²) in [5.41, 5.74) is 0.158. The number of benzene rings is 1. The molecule has 0 amide bonds. The van der Waals surface area contributed by atoms with Crippen molar-refractivity contribution in [3.05, 3.63) is 52.6 Å². The van der Waals surface area contributed by atoms with Crippen LogP contribution in [-0.2, 0) is 0 Å². The molecule has 2 aromatic heterocycles. The number of nitrogens with one attached hydrogen (secondary N) is 2. The normalized spacial score (nSPS) is 11.2. The molecule has 3 aromatic rings. The van der Waals surface area contributed by atoms with Gasteiger partial charge in [-0.1, -0.05) is 6.07 Å². The molecule has 0 aliphatic heterocycles. The van der Waals surface area contributed by atoms with Crippen molar-refractivity contribution in [1.82, 2.24) is 14.5 Å². The van der Waals surface area contributed by atoms with Crippen molar-refractivity contribution in [3.8, 4) is 0 Å². The van der Waals surface area contributed by atoms with Gasteiger partial charge in [-0.2, -0.15) is 4.98 Å². The van der Waals surface area contributed by atoms with Gasteiger partial charge in [0.05, 0.1) is 17.4 Å². The molecule has 0 unspecified atom stereocenters. The van der Waals surface area contributed by atoms with Crippen molar-refractivity contribution in [2.24, 2.45) is 0 Å². The van der Waals surface area contributed by atoms with Gasteiger partial charge in [0.2, 0.25) is 5.62 Å². The average Bonchev–Trinajstić information content (AvgIpc) is 2.58. The molecule has 6 nitrogen and oxygen atoms in total. The van der Waals surface area contributed by atoms with Crippen molar-refractivity contribution in [2.75, 3.05) is 11.4 Å². The number of alkyl halides is 2. The number of halogens is 4. The van der Waals surface area contributed by atoms with Crippen LogP contribution in [0.3, 0.4) is 0 Å². The summed E-state index contributed by atoms with van der Waals surface area (Å²) in [6.45, 7) is 0.681. The molecular weight excluding hydrogens is 425 g/mol. The van der Waals surface area contributed by atoms with E-state index < -0.39 is 18.8 Å². The van der Waals surface area contributed by atoms with E-state index >= 15 is 0 Å². The van der Waals surface area contributed by atoms with Gasteiger partial charge in [0.15, 0.2) is 0 Å². The molecule has 27 heavy (non-hydrogen) atoms. The molecule has 0 aliphatic rings. The van der Waals surface area contributed by atoms with E-state index in [2.05, 4.69) is 25.9 Å². The number of rotatable bonds is 4. The van der Waals surface area contributed by atoms with E-state index in [0.717, 1.165) is 9.47 Å². The summed E-state index contributed by atoms with van der Waals surface area (Å²) in [4.78, 5) is 9.16. The minimum Gasteiger partial charge on any atom is -0.320 e. The first kappa shape index (κ1) is 19.0. The van der Waals surface area contributed by atoms with Crippen LogP contribution >= 0.6 is 15.9 Å². The minimum absolute atomic E-state index is 0.0401. The maximum Gasteiger partial charge on any atom is 0.256 e. The Morgan fingerprint density at radius 3 is 2.70 bits per heavy atom. The zero-order valence-electron chi connectivity index (χ0n) is 14.0. The molecule has 0 bridgehead atoms. The standard InChI is InChI=1S/C17H14BrF3N6/c1-9(22)27-12-4-2-3-11(19)15(12)16(25-17(27)23)26(8-14(20)21)10-5-6-24-13(18)7-10/h2-7,14,22-23H,8H2,1H3. The SMILES string of the molecule is CC(=N)n1c(=N)nc(N(CC(F)F)c2ccnc(Br)c2)c2c(F)cccc21. The summed E-state index contributed by atoms with van der Waals surface area (Å²) < 4.78 is 42.8. The monoisotopic (exact) mass is 438 g/mol. The largest absolute Gasteiger partial charge is 0.320 e. The third kappa shape index (κ3) is 3.70. The highest BCUT2D eigenvalue weighted by atomic mass is 79.9. The van der Waals surface area contributed by atoms with E-state index in [4.69, 9.17) is 10.8 Å². The summed E-state index contributed by atoms with van der Waals surface area (Å²) in [5.74, 6) is -0.844. The van der Waals surface area contributed by atoms with Crippen LogP contribution in [-0.4, -0.2) is 33.3 Å². The summed E-state index contributed by atoms with van der Waals surface area (Å²) in [6, 6.07) is 7.13. The molecule has 140 valence electrons. The highest BCUT2D eigenvalue weighted by molar-refractivity contribution is 9.10. The number of nitrogens with zero attached hydrogens (tertiary/aromatic N) is 4. The van der Waals surface area contributed by atoms with Gasteiger partial charge in [-0.25, -0.2) is 18.2 Å². The Labute approximate surface area is 160 Å². The predicted molar refractivity (Wildman–Crippen MR) is 99.3 cm³/mol. The molecule has 0 radical (unpaired) electrons. The molecule has 0 saturated heterocycles. The van der Waals surface area contributed by atoms with Crippen molar-refractivity contribution in [1.29, 1.82) is 10.8 Å². The van der Waals surface area contributed by atoms with Crippen LogP contribution in [0.1, 0.15) is 6.92 Å². The van der Waals surface area contributed by atoms with Crippen LogP contribution in [0.15, 0.2) is 41.1 Å². The fraction of sp³-hybridized carbons (Fsp3) is 0.176. The molecule has 3 rings (SSSR count). The maximum absolute atomic E-state index is 14.7. The van der Waals surface area contributed by atoms with Crippen LogP contribution in [0, 0.1) is 16.6 Å². The average molecular weight is 439 g/mol. The second-order valence-corrected chi connectivity index (χ2v) is 6.46. The number of fused-ring (bicyclic) bond motifs is 1. The number of hydrogen-bond acceptors (Lipinski definition) is 5. The van der Waals surface area contributed by atoms with Gasteiger partial charge in [-0.05, 0) is 47.1 Å². The summed E-state index contributed by atoms with van der Waals surface area (Å²) in [7, 11) is 0. The number of pyridine rings is 1. The highest BCUT2D eigenvalue weighted by Gasteiger charge is 2.23. The van der Waals surface area contributed by atoms with Crippen molar-refractivity contribution in [2.45, 2.75) is 13.3 Å². The van der Waals surface area contributed by atoms with Crippen molar-refractivity contribution in [3.63, 3.8) is 0 Å². The van der Waals surface area contributed by atoms with Crippen LogP contribution in [0.4, 0.5) is 24.7 Å². The van der Waals surface area contributed by atoms with Gasteiger partial charge in [-0.3, -0.25) is 15.4 Å². The van der Waals surface area contributed by atoms with Gasteiger partial charge in [0, 0.05) is 11.9 Å². The maximum atomic E-state index is 14.7. The third-order valence-electron chi connectivity index (χ3n) is 3.81. The van der Waals surface area contributed by atoms with Gasteiger partial charge in [-0.15, -0.1) is 0 Å². The molecule has 0 atom stereocenters. The fourth-order valence-corrected chi connectivity index (χ4v) is 3.14. The summed E-state index contributed by atoms with van der Waals surface area (Å²) >= 11 is 3.19. The number of hydrogen-bond donors (Lipinski definition) is 2. The second kappa shape index (κ2) is 7.47. The predicted octanol–water partition coefficient (Wildman–Crippen LogP) is 4.06. The van der Waals surface area contributed by atoms with E-state index in [1.807, 2.05) is 0 Å². The molecular formula is C17H14BrF3N6. The Hall–Kier alpha value is -2.75. The highest BCUT2D eigenvalue weighted by Crippen LogP contribution is 2.32. The molecule has 0 spiro atoms. The van der Waals surface area contributed by atoms with E-state index in [0.29, 0.717) is 10.3 Å². The Morgan fingerprint density at radius 1 is 1.33 bits per heavy atom. The summed E-state index contributed by atoms with van der Waals surface area (Å²) in [6.07, 6.45) is -1.31. The van der Waals surface area contributed by atoms with Crippen LogP contribution < -0.4 is 10.5 Å². The smallest absolute Gasteiger partial charge is 0.256 e. The van der Waals surface area contributed by atoms with Gasteiger partial charge in [0.25, 0.3) is 6.43 Å². The zero-order chi connectivity index (χ0) is 19.7. The first-order valence-corrected chi connectivity index (χ1v) is 8.57. The quantitative estimate of drug-likeness (QED) is 0.366. The number of anilines is 2. The van der Waals surface area contributed by atoms with Crippen LogP contribution in [0.25, 0.3) is 10.9 Å². The lowest BCUT2D eigenvalue weighted by Crippen LogP contribution is -2.33. The lowest BCUT2D eigenvalue weighted by molar-refractivity contribution is 0.157. The Kier molecular flexibility index (Phi) is 5.26. The van der Waals surface area contributed by atoms with E-state index in [9.17, 15) is 13.2 Å². The fourth-order valence-electron chi connectivity index (χ4n) is 2.79. The van der Waals surface area contributed by atoms with Gasteiger partial charge >= 0.3 is 0 Å². The molecule has 0 saturated carbocycles. The second-order valence-electron chi connectivity index (χ2n) is 5.65. The summed E-state index contributed by atoms with van der Waals surface area (Å²) in [5, 5.41) is 15.9. The van der Waals surface area contributed by atoms with Gasteiger partial charge < -0.3 is 4.90 Å². The van der Waals surface area contributed by atoms with Crippen LogP contribution in [0.5, 0.6) is 0 Å². The third-order valence-corrected chi connectivity index (χ3v) is 4.25. The lowest BCUT2D eigenvalue weighted by Gasteiger charge is -2.26. The van der Waals surface area contributed by atoms with Crippen LogP contribution in [0.2, 0.25) is 0 Å². The Morgan fingerprint density at radius 2 is 2.07 bits per heavy atom. The number of aromatic nitrogens is 3. The molecule has 1 aromatic carbocycles. The topological polar surface area (TPSA) is 81.7 Å². The Balaban J connectivity index is 2.38. The molecule has 2 heterocycles. The van der Waals surface area contributed by atoms with E-state index in [1.165, 1.54) is 43.5 Å². The minimum atomic E-state index is -2.73. The first-order valence-electron chi connectivity index (χ1n) is 7.78. The molecule has 0 aliphatic carbocycles. The Bertz CT molecular complexity index is 1080. The van der Waals surface area contributed by atoms with Gasteiger partial charge in [0.1, 0.15) is 22.1 Å². The van der Waals surface area contributed by atoms with E-state index in [-0.39, 0.29) is 28.2 Å². The lowest BCUT2D eigenvalue weighted by atomic mass is 10.2.